The first kappa shape index (κ1) is 8.53. The molecule has 0 radical (unpaired) electrons. The first-order valence-corrected chi connectivity index (χ1v) is 4.64. The van der Waals surface area contributed by atoms with Crippen molar-refractivity contribution in [2.75, 3.05) is 0 Å². The molecule has 4 nitrogen and oxygen atoms in total. The molecule has 0 aromatic heterocycles. The number of carbonyl (C=O) groups excluding carboxylic acids is 1. The van der Waals surface area contributed by atoms with Crippen LogP contribution in [0.1, 0.15) is 25.7 Å². The van der Waals surface area contributed by atoms with Gasteiger partial charge in [0.1, 0.15) is 5.54 Å². The van der Waals surface area contributed by atoms with Gasteiger partial charge in [0.15, 0.2) is 0 Å². The van der Waals surface area contributed by atoms with E-state index in [1.165, 1.54) is 0 Å². The number of nitrogens with one attached hydrogen (secondary N) is 1. The third-order valence-corrected chi connectivity index (χ3v) is 3.55. The van der Waals surface area contributed by atoms with E-state index in [9.17, 15) is 9.59 Å². The smallest absolute Gasteiger partial charge is 0.329 e. The second-order valence-corrected chi connectivity index (χ2v) is 4.12. The summed E-state index contributed by atoms with van der Waals surface area (Å²) in [7, 11) is 0. The van der Waals surface area contributed by atoms with Crippen LogP contribution in [0, 0.1) is 11.8 Å². The molecule has 2 bridgehead atoms. The summed E-state index contributed by atoms with van der Waals surface area (Å²) in [5, 5.41) is 11.6. The summed E-state index contributed by atoms with van der Waals surface area (Å²) >= 11 is 0. The van der Waals surface area contributed by atoms with Crippen molar-refractivity contribution in [2.24, 2.45) is 11.8 Å². The number of rotatable bonds is 3. The Kier molecular flexibility index (Phi) is 1.78. The van der Waals surface area contributed by atoms with Crippen molar-refractivity contribution >= 4 is 12.4 Å². The fraction of sp³-hybridized carbons (Fsp3) is 0.778. The molecule has 2 aliphatic rings. The normalized spacial score (nSPS) is 41.8. The second-order valence-electron chi connectivity index (χ2n) is 4.12. The summed E-state index contributed by atoms with van der Waals surface area (Å²) in [6.45, 7) is 0. The van der Waals surface area contributed by atoms with Gasteiger partial charge in [-0.1, -0.05) is 0 Å². The van der Waals surface area contributed by atoms with Crippen molar-refractivity contribution in [1.82, 2.24) is 5.32 Å². The van der Waals surface area contributed by atoms with E-state index in [-0.39, 0.29) is 5.92 Å². The van der Waals surface area contributed by atoms with Crippen molar-refractivity contribution in [3.05, 3.63) is 0 Å². The molecule has 0 aliphatic heterocycles. The third-order valence-electron chi connectivity index (χ3n) is 3.55. The number of carbonyl (C=O) groups is 2. The van der Waals surface area contributed by atoms with Gasteiger partial charge in [0.25, 0.3) is 0 Å². The fourth-order valence-corrected chi connectivity index (χ4v) is 2.94. The Balaban J connectivity index is 2.24. The van der Waals surface area contributed by atoms with E-state index in [2.05, 4.69) is 5.32 Å². The van der Waals surface area contributed by atoms with Crippen LogP contribution in [0.2, 0.25) is 0 Å². The molecule has 0 aromatic rings. The van der Waals surface area contributed by atoms with Gasteiger partial charge in [-0.15, -0.1) is 0 Å². The van der Waals surface area contributed by atoms with E-state index < -0.39 is 11.5 Å². The molecule has 2 fully saturated rings. The van der Waals surface area contributed by atoms with Crippen LogP contribution in [0.5, 0.6) is 0 Å². The van der Waals surface area contributed by atoms with Crippen molar-refractivity contribution in [2.45, 2.75) is 31.2 Å². The lowest BCUT2D eigenvalue weighted by Gasteiger charge is -2.32. The largest absolute Gasteiger partial charge is 0.479 e. The van der Waals surface area contributed by atoms with Crippen molar-refractivity contribution < 1.29 is 14.7 Å². The molecule has 13 heavy (non-hydrogen) atoms. The predicted octanol–water partition coefficient (Wildman–Crippen LogP) is 0.376. The van der Waals surface area contributed by atoms with Crippen LogP contribution >= 0.6 is 0 Å². The Morgan fingerprint density at radius 2 is 2.31 bits per heavy atom. The zero-order valence-electron chi connectivity index (χ0n) is 7.32. The molecule has 4 heteroatoms. The summed E-state index contributed by atoms with van der Waals surface area (Å²) < 4.78 is 0. The van der Waals surface area contributed by atoms with E-state index in [4.69, 9.17) is 5.11 Å². The van der Waals surface area contributed by atoms with E-state index in [1.54, 1.807) is 0 Å². The lowest BCUT2D eigenvalue weighted by molar-refractivity contribution is -0.148. The summed E-state index contributed by atoms with van der Waals surface area (Å²) in [4.78, 5) is 21.5. The Hall–Kier alpha value is -1.06. The molecule has 2 aliphatic carbocycles. The molecular weight excluding hydrogens is 170 g/mol. The molecule has 1 amide bonds. The van der Waals surface area contributed by atoms with Gasteiger partial charge in [0.05, 0.1) is 0 Å². The molecule has 3 unspecified atom stereocenters. The third kappa shape index (κ3) is 1.04. The number of carboxylic acids is 1. The van der Waals surface area contributed by atoms with Gasteiger partial charge in [-0.2, -0.15) is 0 Å². The number of hydrogen-bond acceptors (Lipinski definition) is 2. The Bertz CT molecular complexity index is 253. The Morgan fingerprint density at radius 1 is 1.54 bits per heavy atom. The average molecular weight is 183 g/mol. The minimum absolute atomic E-state index is 0.153. The Morgan fingerprint density at radius 3 is 2.69 bits per heavy atom. The fourth-order valence-electron chi connectivity index (χ4n) is 2.94. The van der Waals surface area contributed by atoms with Gasteiger partial charge in [0.2, 0.25) is 6.41 Å². The molecule has 0 heterocycles. The SMILES string of the molecule is O=CNC1(C(=O)O)CC2CCC1C2. The molecule has 2 N–H and O–H groups in total. The van der Waals surface area contributed by atoms with Crippen molar-refractivity contribution in [3.63, 3.8) is 0 Å². The average Bonchev–Trinajstić information content (AvgIpc) is 2.64. The minimum atomic E-state index is -0.940. The van der Waals surface area contributed by atoms with Gasteiger partial charge in [-0.25, -0.2) is 4.79 Å². The number of amides is 1. The lowest BCUT2D eigenvalue weighted by Crippen LogP contribution is -2.55. The van der Waals surface area contributed by atoms with E-state index in [0.717, 1.165) is 19.3 Å². The molecule has 72 valence electrons. The highest BCUT2D eigenvalue weighted by atomic mass is 16.4. The van der Waals surface area contributed by atoms with Crippen LogP contribution in [-0.2, 0) is 9.59 Å². The molecule has 2 rings (SSSR count). The summed E-state index contributed by atoms with van der Waals surface area (Å²) in [6, 6.07) is 0. The first-order chi connectivity index (χ1) is 6.19. The van der Waals surface area contributed by atoms with Crippen LogP contribution in [0.3, 0.4) is 0 Å². The van der Waals surface area contributed by atoms with Gasteiger partial charge in [-0.3, -0.25) is 4.79 Å². The predicted molar refractivity (Wildman–Crippen MR) is 45.0 cm³/mol. The van der Waals surface area contributed by atoms with Gasteiger partial charge >= 0.3 is 5.97 Å². The van der Waals surface area contributed by atoms with Crippen LogP contribution in [0.15, 0.2) is 0 Å². The van der Waals surface area contributed by atoms with Crippen LogP contribution < -0.4 is 5.32 Å². The summed E-state index contributed by atoms with van der Waals surface area (Å²) in [5.41, 5.74) is -0.940. The quantitative estimate of drug-likeness (QED) is 0.621. The minimum Gasteiger partial charge on any atom is -0.479 e. The lowest BCUT2D eigenvalue weighted by atomic mass is 9.81. The molecule has 3 atom stereocenters. The number of carboxylic acid groups (broad SMARTS) is 1. The molecular formula is C9H13NO3. The molecule has 0 spiro atoms. The van der Waals surface area contributed by atoms with Gasteiger partial charge < -0.3 is 10.4 Å². The highest BCUT2D eigenvalue weighted by molar-refractivity contribution is 5.82. The molecule has 0 aromatic carbocycles. The summed E-state index contributed by atoms with van der Waals surface area (Å²) in [5.74, 6) is -0.208. The summed E-state index contributed by atoms with van der Waals surface area (Å²) in [6.07, 6.45) is 4.17. The van der Waals surface area contributed by atoms with Gasteiger partial charge in [0, 0.05) is 0 Å². The maximum atomic E-state index is 11.1. The first-order valence-electron chi connectivity index (χ1n) is 4.64. The Labute approximate surface area is 76.3 Å². The van der Waals surface area contributed by atoms with E-state index in [0.29, 0.717) is 18.7 Å². The van der Waals surface area contributed by atoms with E-state index >= 15 is 0 Å². The number of hydrogen-bond donors (Lipinski definition) is 2. The molecule has 0 saturated heterocycles. The maximum Gasteiger partial charge on any atom is 0.329 e. The number of fused-ring (bicyclic) bond motifs is 2. The van der Waals surface area contributed by atoms with Crippen LogP contribution in [0.4, 0.5) is 0 Å². The zero-order valence-corrected chi connectivity index (χ0v) is 7.32. The van der Waals surface area contributed by atoms with Crippen LogP contribution in [0.25, 0.3) is 0 Å². The van der Waals surface area contributed by atoms with Crippen LogP contribution in [-0.4, -0.2) is 23.0 Å². The topological polar surface area (TPSA) is 66.4 Å². The highest BCUT2D eigenvalue weighted by Crippen LogP contribution is 2.50. The van der Waals surface area contributed by atoms with Crippen molar-refractivity contribution in [3.8, 4) is 0 Å². The van der Waals surface area contributed by atoms with Gasteiger partial charge in [-0.05, 0) is 37.5 Å². The number of aliphatic carboxylic acids is 1. The maximum absolute atomic E-state index is 11.1. The highest BCUT2D eigenvalue weighted by Gasteiger charge is 2.55. The standard InChI is InChI=1S/C9H13NO3/c11-5-10-9(8(12)13)4-6-1-2-7(9)3-6/h5-7H,1-4H2,(H,10,11)(H,12,13). The monoisotopic (exact) mass is 183 g/mol. The molecule has 2 saturated carbocycles. The van der Waals surface area contributed by atoms with E-state index in [1.807, 2.05) is 0 Å². The second kappa shape index (κ2) is 2.72. The zero-order chi connectivity index (χ0) is 9.47. The van der Waals surface area contributed by atoms with Crippen molar-refractivity contribution in [1.29, 1.82) is 0 Å².